The maximum absolute atomic E-state index is 12.6. The Kier molecular flexibility index (Phi) is 5.24. The van der Waals surface area contributed by atoms with Gasteiger partial charge in [0, 0.05) is 17.7 Å². The minimum absolute atomic E-state index is 0.0464. The van der Waals surface area contributed by atoms with E-state index in [0.29, 0.717) is 0 Å². The van der Waals surface area contributed by atoms with Crippen LogP contribution in [0.4, 0.5) is 5.69 Å². The fraction of sp³-hybridized carbons (Fsp3) is 0.350. The highest BCUT2D eigenvalue weighted by atomic mass is 16.5. The van der Waals surface area contributed by atoms with Gasteiger partial charge in [-0.3, -0.25) is 4.79 Å². The van der Waals surface area contributed by atoms with Crippen molar-refractivity contribution in [1.29, 1.82) is 0 Å². The summed E-state index contributed by atoms with van der Waals surface area (Å²) >= 11 is 0. The first-order chi connectivity index (χ1) is 12.1. The zero-order valence-corrected chi connectivity index (χ0v) is 15.0. The largest absolute Gasteiger partial charge is 0.493 e. The summed E-state index contributed by atoms with van der Waals surface area (Å²) in [5.74, 6) is 1.55. The van der Waals surface area contributed by atoms with Gasteiger partial charge in [0.05, 0.1) is 20.8 Å². The summed E-state index contributed by atoms with van der Waals surface area (Å²) in [6, 6.07) is 13.6. The van der Waals surface area contributed by atoms with Crippen molar-refractivity contribution in [3.05, 3.63) is 53.6 Å². The molecule has 0 saturated heterocycles. The quantitative estimate of drug-likeness (QED) is 0.870. The molecule has 0 spiro atoms. The highest BCUT2D eigenvalue weighted by molar-refractivity contribution is 5.93. The van der Waals surface area contributed by atoms with Crippen LogP contribution in [0.25, 0.3) is 0 Å². The fourth-order valence-electron chi connectivity index (χ4n) is 3.32. The molecule has 0 fully saturated rings. The molecule has 0 aliphatic carbocycles. The monoisotopic (exact) mass is 341 g/mol. The van der Waals surface area contributed by atoms with Crippen molar-refractivity contribution in [3.63, 3.8) is 0 Å². The van der Waals surface area contributed by atoms with Crippen LogP contribution in [-0.2, 0) is 17.8 Å². The number of para-hydroxylation sites is 1. The summed E-state index contributed by atoms with van der Waals surface area (Å²) in [7, 11) is 3.30. The Morgan fingerprint density at radius 3 is 2.36 bits per heavy atom. The molecular formula is C20H25N2O3+. The number of nitrogens with one attached hydrogen (secondary N) is 2. The Bertz CT molecular complexity index is 746. The van der Waals surface area contributed by atoms with Gasteiger partial charge in [0.1, 0.15) is 6.54 Å². The van der Waals surface area contributed by atoms with Gasteiger partial charge in [-0.1, -0.05) is 18.2 Å². The second-order valence-corrected chi connectivity index (χ2v) is 6.39. The lowest BCUT2D eigenvalue weighted by Gasteiger charge is -2.30. The topological polar surface area (TPSA) is 52.0 Å². The van der Waals surface area contributed by atoms with Crippen LogP contribution in [-0.4, -0.2) is 32.7 Å². The van der Waals surface area contributed by atoms with E-state index >= 15 is 0 Å². The van der Waals surface area contributed by atoms with Crippen LogP contribution in [0.5, 0.6) is 11.5 Å². The summed E-state index contributed by atoms with van der Waals surface area (Å²) in [6.45, 7) is 3.71. The van der Waals surface area contributed by atoms with Gasteiger partial charge >= 0.3 is 0 Å². The van der Waals surface area contributed by atoms with Gasteiger partial charge in [-0.05, 0) is 36.8 Å². The number of amides is 1. The minimum Gasteiger partial charge on any atom is -0.493 e. The molecule has 5 nitrogen and oxygen atoms in total. The van der Waals surface area contributed by atoms with Gasteiger partial charge in [0.25, 0.3) is 5.91 Å². The van der Waals surface area contributed by atoms with Gasteiger partial charge in [-0.25, -0.2) is 0 Å². The first-order valence-corrected chi connectivity index (χ1v) is 8.56. The molecule has 3 rings (SSSR count). The normalized spacial score (nSPS) is 17.3. The first-order valence-electron chi connectivity index (χ1n) is 8.56. The number of rotatable bonds is 5. The lowest BCUT2D eigenvalue weighted by atomic mass is 9.97. The Morgan fingerprint density at radius 1 is 1.08 bits per heavy atom. The standard InChI is InChI=1S/C20H24N2O3/c1-14(20(23)21-17-7-5-4-6-8-17)22-10-9-15-11-18(24-2)19(25-3)12-16(15)13-22/h4-8,11-12,14H,9-10,13H2,1-3H3,(H,21,23)/p+1/t14-/m0/s1. The summed E-state index contributed by atoms with van der Waals surface area (Å²) < 4.78 is 10.8. The Hall–Kier alpha value is -2.53. The molecule has 2 aromatic rings. The van der Waals surface area contributed by atoms with E-state index in [1.807, 2.05) is 43.3 Å². The van der Waals surface area contributed by atoms with Crippen molar-refractivity contribution >= 4 is 11.6 Å². The summed E-state index contributed by atoms with van der Waals surface area (Å²) in [4.78, 5) is 13.8. The molecule has 132 valence electrons. The molecule has 0 bridgehead atoms. The molecule has 2 atom stereocenters. The van der Waals surface area contributed by atoms with Gasteiger partial charge in [-0.15, -0.1) is 0 Å². The maximum Gasteiger partial charge on any atom is 0.282 e. The zero-order valence-electron chi connectivity index (χ0n) is 15.0. The molecule has 25 heavy (non-hydrogen) atoms. The molecule has 2 N–H and O–H groups in total. The number of carbonyl (C=O) groups excluding carboxylic acids is 1. The molecule has 1 aliphatic rings. The second-order valence-electron chi connectivity index (χ2n) is 6.39. The average Bonchev–Trinajstić information content (AvgIpc) is 2.66. The van der Waals surface area contributed by atoms with Gasteiger partial charge < -0.3 is 19.7 Å². The predicted octanol–water partition coefficient (Wildman–Crippen LogP) is 1.67. The van der Waals surface area contributed by atoms with E-state index in [1.165, 1.54) is 16.0 Å². The highest BCUT2D eigenvalue weighted by Gasteiger charge is 2.30. The average molecular weight is 341 g/mol. The molecular weight excluding hydrogens is 316 g/mol. The van der Waals surface area contributed by atoms with Crippen LogP contribution >= 0.6 is 0 Å². The van der Waals surface area contributed by atoms with E-state index in [-0.39, 0.29) is 11.9 Å². The van der Waals surface area contributed by atoms with E-state index in [2.05, 4.69) is 11.4 Å². The minimum atomic E-state index is -0.124. The van der Waals surface area contributed by atoms with Crippen molar-refractivity contribution in [2.75, 3.05) is 26.1 Å². The third-order valence-corrected chi connectivity index (χ3v) is 4.89. The predicted molar refractivity (Wildman–Crippen MR) is 97.3 cm³/mol. The number of ether oxygens (including phenoxy) is 2. The number of quaternary nitrogens is 1. The SMILES string of the molecule is COc1cc2c(cc1OC)C[NH+]([C@@H](C)C(=O)Nc1ccccc1)CC2. The van der Waals surface area contributed by atoms with Crippen LogP contribution in [0.2, 0.25) is 0 Å². The molecule has 5 heteroatoms. The van der Waals surface area contributed by atoms with Crippen LogP contribution in [0, 0.1) is 0 Å². The van der Waals surface area contributed by atoms with Crippen LogP contribution in [0.15, 0.2) is 42.5 Å². The molecule has 1 aliphatic heterocycles. The zero-order chi connectivity index (χ0) is 17.8. The Balaban J connectivity index is 1.72. The molecule has 0 aromatic heterocycles. The van der Waals surface area contributed by atoms with Crippen LogP contribution in [0.3, 0.4) is 0 Å². The van der Waals surface area contributed by atoms with Crippen molar-refractivity contribution < 1.29 is 19.2 Å². The van der Waals surface area contributed by atoms with Gasteiger partial charge in [0.2, 0.25) is 0 Å². The molecule has 1 unspecified atom stereocenters. The lowest BCUT2D eigenvalue weighted by Crippen LogP contribution is -3.16. The summed E-state index contributed by atoms with van der Waals surface area (Å²) in [5, 5.41) is 3.00. The molecule has 1 amide bonds. The third kappa shape index (κ3) is 3.77. The van der Waals surface area contributed by atoms with Crippen molar-refractivity contribution in [1.82, 2.24) is 0 Å². The second kappa shape index (κ2) is 7.57. The van der Waals surface area contributed by atoms with Crippen molar-refractivity contribution in [3.8, 4) is 11.5 Å². The number of benzene rings is 2. The number of hydrogen-bond donors (Lipinski definition) is 2. The summed E-state index contributed by atoms with van der Waals surface area (Å²) in [5.41, 5.74) is 3.33. The molecule has 1 heterocycles. The summed E-state index contributed by atoms with van der Waals surface area (Å²) in [6.07, 6.45) is 0.925. The molecule has 2 aromatic carbocycles. The van der Waals surface area contributed by atoms with E-state index in [0.717, 1.165) is 36.7 Å². The number of fused-ring (bicyclic) bond motifs is 1. The third-order valence-electron chi connectivity index (χ3n) is 4.89. The van der Waals surface area contributed by atoms with Gasteiger partial charge in [0.15, 0.2) is 17.5 Å². The number of carbonyl (C=O) groups is 1. The van der Waals surface area contributed by atoms with E-state index in [1.54, 1.807) is 14.2 Å². The molecule has 0 radical (unpaired) electrons. The van der Waals surface area contributed by atoms with Gasteiger partial charge in [-0.2, -0.15) is 0 Å². The van der Waals surface area contributed by atoms with E-state index in [4.69, 9.17) is 9.47 Å². The van der Waals surface area contributed by atoms with E-state index in [9.17, 15) is 4.79 Å². The van der Waals surface area contributed by atoms with Crippen LogP contribution in [0.1, 0.15) is 18.1 Å². The maximum atomic E-state index is 12.6. The van der Waals surface area contributed by atoms with Crippen LogP contribution < -0.4 is 19.7 Å². The van der Waals surface area contributed by atoms with Crippen molar-refractivity contribution in [2.24, 2.45) is 0 Å². The highest BCUT2D eigenvalue weighted by Crippen LogP contribution is 2.31. The number of anilines is 1. The van der Waals surface area contributed by atoms with E-state index < -0.39 is 0 Å². The Morgan fingerprint density at radius 2 is 1.72 bits per heavy atom. The first kappa shape index (κ1) is 17.3. The lowest BCUT2D eigenvalue weighted by molar-refractivity contribution is -0.929. The number of methoxy groups -OCH3 is 2. The Labute approximate surface area is 148 Å². The van der Waals surface area contributed by atoms with Crippen molar-refractivity contribution in [2.45, 2.75) is 25.9 Å². The number of hydrogen-bond acceptors (Lipinski definition) is 3. The smallest absolute Gasteiger partial charge is 0.282 e. The fourth-order valence-corrected chi connectivity index (χ4v) is 3.32. The molecule has 0 saturated carbocycles.